The van der Waals surface area contributed by atoms with E-state index in [1.807, 2.05) is 0 Å². The zero-order valence-corrected chi connectivity index (χ0v) is 10.3. The van der Waals surface area contributed by atoms with Gasteiger partial charge in [0.15, 0.2) is 0 Å². The quantitative estimate of drug-likeness (QED) is 0.905. The molecule has 92 valence electrons. The van der Waals surface area contributed by atoms with E-state index in [2.05, 4.69) is 0 Å². The second-order valence-electron chi connectivity index (χ2n) is 3.83. The highest BCUT2D eigenvalue weighted by Gasteiger charge is 2.17. The van der Waals surface area contributed by atoms with E-state index in [1.165, 1.54) is 11.6 Å². The molecule has 0 spiro atoms. The number of carbonyl (C=O) groups is 1. The molecule has 1 aromatic carbocycles. The molecule has 1 heterocycles. The van der Waals surface area contributed by atoms with Crippen molar-refractivity contribution in [2.24, 2.45) is 7.05 Å². The van der Waals surface area contributed by atoms with Gasteiger partial charge in [-0.1, -0.05) is 23.7 Å². The minimum Gasteiger partial charge on any atom is -0.477 e. The lowest BCUT2D eigenvalue weighted by Crippen LogP contribution is -2.24. The van der Waals surface area contributed by atoms with Crippen LogP contribution in [0.4, 0.5) is 0 Å². The maximum Gasteiger partial charge on any atom is 0.341 e. The first kappa shape index (κ1) is 12.4. The predicted molar refractivity (Wildman–Crippen MR) is 69.1 cm³/mol. The Bertz CT molecular complexity index is 659. The Labute approximate surface area is 108 Å². The fraction of sp³-hybridized carbons (Fsp3) is 0.0769. The zero-order chi connectivity index (χ0) is 13.3. The summed E-state index contributed by atoms with van der Waals surface area (Å²) >= 11 is 5.78. The first-order valence-electron chi connectivity index (χ1n) is 5.19. The third-order valence-corrected chi connectivity index (χ3v) is 2.89. The van der Waals surface area contributed by atoms with Gasteiger partial charge in [0.2, 0.25) is 0 Å². The molecule has 2 aromatic rings. The molecule has 1 N–H and O–H groups in total. The molecule has 0 unspecified atom stereocenters. The Kier molecular flexibility index (Phi) is 3.21. The molecular formula is C13H10ClNO3. The second-order valence-corrected chi connectivity index (χ2v) is 4.27. The van der Waals surface area contributed by atoms with E-state index < -0.39 is 11.5 Å². The van der Waals surface area contributed by atoms with Crippen LogP contribution >= 0.6 is 11.6 Å². The summed E-state index contributed by atoms with van der Waals surface area (Å²) in [5, 5.41) is 9.70. The monoisotopic (exact) mass is 263 g/mol. The number of pyridine rings is 1. The van der Waals surface area contributed by atoms with Crippen molar-refractivity contribution in [1.82, 2.24) is 4.57 Å². The lowest BCUT2D eigenvalue weighted by atomic mass is 10.0. The number of halogens is 1. The predicted octanol–water partition coefficient (Wildman–Crippen LogP) is 2.40. The smallest absolute Gasteiger partial charge is 0.341 e. The van der Waals surface area contributed by atoms with Gasteiger partial charge in [0.1, 0.15) is 5.56 Å². The highest BCUT2D eigenvalue weighted by atomic mass is 35.5. The van der Waals surface area contributed by atoms with Gasteiger partial charge in [-0.3, -0.25) is 4.79 Å². The lowest BCUT2D eigenvalue weighted by Gasteiger charge is -2.07. The number of benzene rings is 1. The molecule has 0 radical (unpaired) electrons. The highest BCUT2D eigenvalue weighted by Crippen LogP contribution is 2.23. The summed E-state index contributed by atoms with van der Waals surface area (Å²) in [5.41, 5.74) is 0.272. The molecule has 0 amide bonds. The minimum absolute atomic E-state index is 0.234. The molecule has 0 aliphatic carbocycles. The number of aryl methyl sites for hydroxylation is 1. The van der Waals surface area contributed by atoms with Crippen molar-refractivity contribution >= 4 is 17.6 Å². The number of rotatable bonds is 2. The van der Waals surface area contributed by atoms with Gasteiger partial charge in [-0.05, 0) is 23.8 Å². The van der Waals surface area contributed by atoms with Crippen molar-refractivity contribution in [3.05, 3.63) is 57.5 Å². The number of hydrogen-bond acceptors (Lipinski definition) is 2. The molecule has 5 heteroatoms. The Hall–Kier alpha value is -2.07. The van der Waals surface area contributed by atoms with Crippen LogP contribution in [0.3, 0.4) is 0 Å². The third kappa shape index (κ3) is 2.15. The minimum atomic E-state index is -1.24. The van der Waals surface area contributed by atoms with Gasteiger partial charge in [0.25, 0.3) is 5.56 Å². The summed E-state index contributed by atoms with van der Waals surface area (Å²) < 4.78 is 1.24. The number of carboxylic acid groups (broad SMARTS) is 1. The largest absolute Gasteiger partial charge is 0.477 e. The molecule has 0 bridgehead atoms. The van der Waals surface area contributed by atoms with Gasteiger partial charge in [-0.2, -0.15) is 0 Å². The topological polar surface area (TPSA) is 59.3 Å². The Morgan fingerprint density at radius 2 is 1.83 bits per heavy atom. The van der Waals surface area contributed by atoms with E-state index in [0.29, 0.717) is 16.1 Å². The van der Waals surface area contributed by atoms with E-state index >= 15 is 0 Å². The number of hydrogen-bond donors (Lipinski definition) is 1. The van der Waals surface area contributed by atoms with Crippen molar-refractivity contribution in [2.45, 2.75) is 0 Å². The van der Waals surface area contributed by atoms with Gasteiger partial charge in [-0.25, -0.2) is 4.79 Å². The maximum atomic E-state index is 11.8. The molecule has 0 saturated carbocycles. The summed E-state index contributed by atoms with van der Waals surface area (Å²) in [7, 11) is 1.51. The van der Waals surface area contributed by atoms with Gasteiger partial charge < -0.3 is 9.67 Å². The molecule has 2 rings (SSSR count). The molecule has 0 aliphatic heterocycles. The first-order chi connectivity index (χ1) is 8.50. The Morgan fingerprint density at radius 3 is 2.39 bits per heavy atom. The Morgan fingerprint density at radius 1 is 1.22 bits per heavy atom. The second kappa shape index (κ2) is 4.66. The molecule has 1 aromatic heterocycles. The van der Waals surface area contributed by atoms with Crippen LogP contribution in [-0.2, 0) is 7.05 Å². The fourth-order valence-electron chi connectivity index (χ4n) is 1.71. The van der Waals surface area contributed by atoms with E-state index in [-0.39, 0.29) is 5.56 Å². The summed E-state index contributed by atoms with van der Waals surface area (Å²) in [5.74, 6) is -1.24. The fourth-order valence-corrected chi connectivity index (χ4v) is 1.83. The standard InChI is InChI=1S/C13H10ClNO3/c1-15-7-6-10(11(12(15)16)13(17)18)8-2-4-9(14)5-3-8/h2-7H,1H3,(H,17,18). The van der Waals surface area contributed by atoms with Crippen molar-refractivity contribution in [2.75, 3.05) is 0 Å². The zero-order valence-electron chi connectivity index (χ0n) is 9.55. The number of aromatic nitrogens is 1. The van der Waals surface area contributed by atoms with Crippen LogP contribution in [0.15, 0.2) is 41.3 Å². The van der Waals surface area contributed by atoms with E-state index in [4.69, 9.17) is 16.7 Å². The average molecular weight is 264 g/mol. The average Bonchev–Trinajstić information content (AvgIpc) is 2.33. The highest BCUT2D eigenvalue weighted by molar-refractivity contribution is 6.30. The normalized spacial score (nSPS) is 10.3. The van der Waals surface area contributed by atoms with Crippen LogP contribution in [0.25, 0.3) is 11.1 Å². The van der Waals surface area contributed by atoms with E-state index in [0.717, 1.165) is 0 Å². The van der Waals surface area contributed by atoms with Gasteiger partial charge >= 0.3 is 5.97 Å². The molecule has 0 fully saturated rings. The summed E-state index contributed by atoms with van der Waals surface area (Å²) in [6, 6.07) is 8.28. The number of aromatic carboxylic acids is 1. The molecule has 18 heavy (non-hydrogen) atoms. The van der Waals surface area contributed by atoms with Crippen molar-refractivity contribution < 1.29 is 9.90 Å². The molecule has 0 atom stereocenters. The third-order valence-electron chi connectivity index (χ3n) is 2.64. The van der Waals surface area contributed by atoms with Crippen LogP contribution in [-0.4, -0.2) is 15.6 Å². The molecule has 0 aliphatic rings. The summed E-state index contributed by atoms with van der Waals surface area (Å²) in [6.45, 7) is 0. The molecule has 0 saturated heterocycles. The van der Waals surface area contributed by atoms with Crippen molar-refractivity contribution in [3.8, 4) is 11.1 Å². The van der Waals surface area contributed by atoms with Crippen LogP contribution < -0.4 is 5.56 Å². The van der Waals surface area contributed by atoms with Gasteiger partial charge in [0.05, 0.1) is 0 Å². The van der Waals surface area contributed by atoms with E-state index in [9.17, 15) is 9.59 Å². The van der Waals surface area contributed by atoms with Gasteiger partial charge in [-0.15, -0.1) is 0 Å². The maximum absolute atomic E-state index is 11.8. The van der Waals surface area contributed by atoms with Gasteiger partial charge in [0, 0.05) is 23.8 Å². The SMILES string of the molecule is Cn1ccc(-c2ccc(Cl)cc2)c(C(=O)O)c1=O. The van der Waals surface area contributed by atoms with Crippen molar-refractivity contribution in [1.29, 1.82) is 0 Å². The Balaban J connectivity index is 2.72. The van der Waals surface area contributed by atoms with Crippen LogP contribution in [0, 0.1) is 0 Å². The first-order valence-corrected chi connectivity index (χ1v) is 5.57. The van der Waals surface area contributed by atoms with Crippen LogP contribution in [0.2, 0.25) is 5.02 Å². The molecule has 4 nitrogen and oxygen atoms in total. The summed E-state index contributed by atoms with van der Waals surface area (Å²) in [6.07, 6.45) is 1.54. The number of carboxylic acids is 1. The van der Waals surface area contributed by atoms with Crippen molar-refractivity contribution in [3.63, 3.8) is 0 Å². The molecular weight excluding hydrogens is 254 g/mol. The van der Waals surface area contributed by atoms with E-state index in [1.54, 1.807) is 36.5 Å². The number of nitrogens with zero attached hydrogens (tertiary/aromatic N) is 1. The lowest BCUT2D eigenvalue weighted by molar-refractivity contribution is 0.0695. The van der Waals surface area contributed by atoms with Crippen LogP contribution in [0.5, 0.6) is 0 Å². The van der Waals surface area contributed by atoms with Crippen LogP contribution in [0.1, 0.15) is 10.4 Å². The summed E-state index contributed by atoms with van der Waals surface area (Å²) in [4.78, 5) is 23.0.